The minimum Gasteiger partial charge on any atom is -0.378 e. The predicted octanol–water partition coefficient (Wildman–Crippen LogP) is 1.96. The van der Waals surface area contributed by atoms with Gasteiger partial charge in [0.2, 0.25) is 0 Å². The first-order valence-corrected chi connectivity index (χ1v) is 8.76. The van der Waals surface area contributed by atoms with Crippen molar-refractivity contribution in [3.8, 4) is 0 Å². The summed E-state index contributed by atoms with van der Waals surface area (Å²) in [5.41, 5.74) is 3.28. The molecule has 0 saturated carbocycles. The largest absolute Gasteiger partial charge is 0.378 e. The number of ether oxygens (including phenoxy) is 1. The minimum atomic E-state index is -0.194. The van der Waals surface area contributed by atoms with Gasteiger partial charge in [-0.2, -0.15) is 0 Å². The van der Waals surface area contributed by atoms with Gasteiger partial charge in [-0.05, 0) is 18.6 Å². The van der Waals surface area contributed by atoms with Crippen LogP contribution in [0.3, 0.4) is 0 Å². The number of morpholine rings is 1. The molecule has 0 radical (unpaired) electrons. The summed E-state index contributed by atoms with van der Waals surface area (Å²) in [5.74, 6) is 0.632. The highest BCUT2D eigenvalue weighted by Crippen LogP contribution is 2.17. The Bertz CT molecular complexity index is 701. The number of rotatable bonds is 6. The molecular formula is C18H24N4O3. The first-order chi connectivity index (χ1) is 12.2. The standard InChI is InChI=1S/C18H24N4O3/c1-3-15-14(17(4-2)25-21-15)12-20-18(23)16-11-13(5-6-19-16)22-7-9-24-10-8-22/h5-6,11H,3-4,7-10,12H2,1-2H3,(H,20,23). The lowest BCUT2D eigenvalue weighted by molar-refractivity contribution is 0.0945. The molecule has 0 aliphatic carbocycles. The zero-order valence-corrected chi connectivity index (χ0v) is 14.7. The lowest BCUT2D eigenvalue weighted by atomic mass is 10.1. The van der Waals surface area contributed by atoms with E-state index in [0.29, 0.717) is 25.5 Å². The lowest BCUT2D eigenvalue weighted by Crippen LogP contribution is -2.36. The van der Waals surface area contributed by atoms with Gasteiger partial charge in [-0.3, -0.25) is 9.78 Å². The summed E-state index contributed by atoms with van der Waals surface area (Å²) in [6, 6.07) is 3.75. The van der Waals surface area contributed by atoms with Gasteiger partial charge in [0.25, 0.3) is 5.91 Å². The second kappa shape index (κ2) is 8.11. The average molecular weight is 344 g/mol. The molecule has 0 unspecified atom stereocenters. The van der Waals surface area contributed by atoms with Crippen LogP contribution in [0.2, 0.25) is 0 Å². The van der Waals surface area contributed by atoms with Crippen molar-refractivity contribution in [2.45, 2.75) is 33.2 Å². The van der Waals surface area contributed by atoms with Crippen LogP contribution in [0, 0.1) is 0 Å². The number of hydrogen-bond acceptors (Lipinski definition) is 6. The fraction of sp³-hybridized carbons (Fsp3) is 0.500. The van der Waals surface area contributed by atoms with Crippen LogP contribution in [0.5, 0.6) is 0 Å². The van der Waals surface area contributed by atoms with Gasteiger partial charge >= 0.3 is 0 Å². The third kappa shape index (κ3) is 3.99. The third-order valence-corrected chi connectivity index (χ3v) is 4.39. The summed E-state index contributed by atoms with van der Waals surface area (Å²) in [5, 5.41) is 7.01. The summed E-state index contributed by atoms with van der Waals surface area (Å²) in [6.45, 7) is 7.50. The van der Waals surface area contributed by atoms with Gasteiger partial charge in [-0.25, -0.2) is 0 Å². The van der Waals surface area contributed by atoms with E-state index in [0.717, 1.165) is 48.6 Å². The Balaban J connectivity index is 1.68. The molecule has 7 nitrogen and oxygen atoms in total. The van der Waals surface area contributed by atoms with E-state index in [1.54, 1.807) is 6.20 Å². The third-order valence-electron chi connectivity index (χ3n) is 4.39. The maximum absolute atomic E-state index is 12.5. The van der Waals surface area contributed by atoms with Crippen molar-refractivity contribution in [1.29, 1.82) is 0 Å². The first kappa shape index (κ1) is 17.4. The van der Waals surface area contributed by atoms with Crippen molar-refractivity contribution in [3.63, 3.8) is 0 Å². The maximum atomic E-state index is 12.5. The van der Waals surface area contributed by atoms with E-state index in [1.807, 2.05) is 26.0 Å². The number of nitrogens with one attached hydrogen (secondary N) is 1. The SMILES string of the molecule is CCc1noc(CC)c1CNC(=O)c1cc(N2CCOCC2)ccn1. The Hall–Kier alpha value is -2.41. The number of hydrogen-bond donors (Lipinski definition) is 1. The fourth-order valence-corrected chi connectivity index (χ4v) is 2.96. The summed E-state index contributed by atoms with van der Waals surface area (Å²) < 4.78 is 10.7. The number of aryl methyl sites for hydroxylation is 2. The highest BCUT2D eigenvalue weighted by atomic mass is 16.5. The van der Waals surface area contributed by atoms with Gasteiger partial charge in [0.15, 0.2) is 0 Å². The molecule has 1 N–H and O–H groups in total. The van der Waals surface area contributed by atoms with E-state index in [-0.39, 0.29) is 5.91 Å². The lowest BCUT2D eigenvalue weighted by Gasteiger charge is -2.28. The molecule has 3 rings (SSSR count). The monoisotopic (exact) mass is 344 g/mol. The summed E-state index contributed by atoms with van der Waals surface area (Å²) in [4.78, 5) is 18.9. The van der Waals surface area contributed by atoms with E-state index >= 15 is 0 Å². The van der Waals surface area contributed by atoms with Gasteiger partial charge in [0, 0.05) is 43.5 Å². The summed E-state index contributed by atoms with van der Waals surface area (Å²) >= 11 is 0. The van der Waals surface area contributed by atoms with Gasteiger partial charge in [-0.1, -0.05) is 19.0 Å². The molecule has 2 aromatic heterocycles. The Morgan fingerprint density at radius 1 is 1.28 bits per heavy atom. The molecule has 1 saturated heterocycles. The molecule has 25 heavy (non-hydrogen) atoms. The molecule has 0 atom stereocenters. The van der Waals surface area contributed by atoms with Gasteiger partial charge < -0.3 is 19.5 Å². The number of aromatic nitrogens is 2. The molecule has 134 valence electrons. The molecule has 0 spiro atoms. The quantitative estimate of drug-likeness (QED) is 0.863. The van der Waals surface area contributed by atoms with Crippen LogP contribution >= 0.6 is 0 Å². The summed E-state index contributed by atoms with van der Waals surface area (Å²) in [7, 11) is 0. The molecule has 0 bridgehead atoms. The Morgan fingerprint density at radius 3 is 2.80 bits per heavy atom. The maximum Gasteiger partial charge on any atom is 0.270 e. The molecule has 3 heterocycles. The number of anilines is 1. The number of carbonyl (C=O) groups excluding carboxylic acids is 1. The van der Waals surface area contributed by atoms with E-state index in [9.17, 15) is 4.79 Å². The molecule has 2 aromatic rings. The van der Waals surface area contributed by atoms with Gasteiger partial charge in [0.1, 0.15) is 11.5 Å². The van der Waals surface area contributed by atoms with Crippen LogP contribution in [-0.2, 0) is 24.1 Å². The van der Waals surface area contributed by atoms with Crippen LogP contribution in [0.15, 0.2) is 22.9 Å². The zero-order valence-electron chi connectivity index (χ0n) is 14.7. The minimum absolute atomic E-state index is 0.194. The zero-order chi connectivity index (χ0) is 17.6. The second-order valence-electron chi connectivity index (χ2n) is 5.92. The molecule has 1 aliphatic heterocycles. The average Bonchev–Trinajstić information content (AvgIpc) is 3.09. The first-order valence-electron chi connectivity index (χ1n) is 8.76. The number of amides is 1. The molecular weight excluding hydrogens is 320 g/mol. The van der Waals surface area contributed by atoms with E-state index in [2.05, 4.69) is 20.4 Å². The van der Waals surface area contributed by atoms with Crippen molar-refractivity contribution >= 4 is 11.6 Å². The fourth-order valence-electron chi connectivity index (χ4n) is 2.96. The highest BCUT2D eigenvalue weighted by Gasteiger charge is 2.17. The summed E-state index contributed by atoms with van der Waals surface area (Å²) in [6.07, 6.45) is 3.20. The van der Waals surface area contributed by atoms with Crippen LogP contribution < -0.4 is 10.2 Å². The molecule has 1 aliphatic rings. The molecule has 1 fully saturated rings. The number of nitrogens with zero attached hydrogens (tertiary/aromatic N) is 3. The Labute approximate surface area is 147 Å². The number of pyridine rings is 1. The van der Waals surface area contributed by atoms with Crippen molar-refractivity contribution in [2.24, 2.45) is 0 Å². The second-order valence-corrected chi connectivity index (χ2v) is 5.92. The van der Waals surface area contributed by atoms with E-state index < -0.39 is 0 Å². The van der Waals surface area contributed by atoms with Crippen LogP contribution in [0.1, 0.15) is 41.4 Å². The van der Waals surface area contributed by atoms with Crippen LogP contribution in [-0.4, -0.2) is 42.4 Å². The highest BCUT2D eigenvalue weighted by molar-refractivity contribution is 5.93. The Morgan fingerprint density at radius 2 is 2.08 bits per heavy atom. The predicted molar refractivity (Wildman–Crippen MR) is 93.7 cm³/mol. The number of carbonyl (C=O) groups is 1. The smallest absolute Gasteiger partial charge is 0.270 e. The van der Waals surface area contributed by atoms with Crippen molar-refractivity contribution in [1.82, 2.24) is 15.5 Å². The normalized spacial score (nSPS) is 14.6. The molecule has 1 amide bonds. The molecule has 0 aromatic carbocycles. The van der Waals surface area contributed by atoms with E-state index in [1.165, 1.54) is 0 Å². The molecule has 7 heteroatoms. The van der Waals surface area contributed by atoms with Gasteiger partial charge in [-0.15, -0.1) is 0 Å². The van der Waals surface area contributed by atoms with Gasteiger partial charge in [0.05, 0.1) is 18.9 Å². The van der Waals surface area contributed by atoms with E-state index in [4.69, 9.17) is 9.26 Å². The Kier molecular flexibility index (Phi) is 5.65. The van der Waals surface area contributed by atoms with Crippen LogP contribution in [0.4, 0.5) is 5.69 Å². The van der Waals surface area contributed by atoms with Crippen molar-refractivity contribution < 1.29 is 14.1 Å². The van der Waals surface area contributed by atoms with Crippen molar-refractivity contribution in [3.05, 3.63) is 41.0 Å². The van der Waals surface area contributed by atoms with Crippen LogP contribution in [0.25, 0.3) is 0 Å². The topological polar surface area (TPSA) is 80.5 Å². The van der Waals surface area contributed by atoms with Crippen molar-refractivity contribution in [2.75, 3.05) is 31.2 Å².